The van der Waals surface area contributed by atoms with Gasteiger partial charge in [0.1, 0.15) is 0 Å². The number of aliphatic hydroxyl groups excluding tert-OH is 2. The third-order valence-corrected chi connectivity index (χ3v) is 13.5. The zero-order chi connectivity index (χ0) is 24.0. The average molecular weight is 449 g/mol. The summed E-state index contributed by atoms with van der Waals surface area (Å²) in [7, 11) is 0. The fourth-order valence-corrected chi connectivity index (χ4v) is 10.6. The van der Waals surface area contributed by atoms with Gasteiger partial charge < -0.3 is 15.3 Å². The van der Waals surface area contributed by atoms with E-state index in [0.29, 0.717) is 18.3 Å². The van der Waals surface area contributed by atoms with E-state index >= 15 is 0 Å². The van der Waals surface area contributed by atoms with Crippen molar-refractivity contribution in [2.45, 2.75) is 125 Å². The second-order valence-corrected chi connectivity index (χ2v) is 13.8. The Balaban J connectivity index is 1.77. The van der Waals surface area contributed by atoms with Crippen LogP contribution in [-0.2, 0) is 4.79 Å². The minimum absolute atomic E-state index is 0.00000915. The summed E-state index contributed by atoms with van der Waals surface area (Å²) in [4.78, 5) is 11.2. The molecule has 0 aromatic rings. The van der Waals surface area contributed by atoms with Crippen LogP contribution in [0.3, 0.4) is 0 Å². The SMILES string of the molecule is C[C@H](CCC(=O)O)[C@H]1CC[C@]2(C)[C@]1(C)[C@@H](O)C[C@@]1(C)[C@@]2(C)CC[C@]2(C)C[C@H](O)CC[C@@]21C. The number of aliphatic hydroxyl groups is 2. The number of rotatable bonds is 4. The van der Waals surface area contributed by atoms with Crippen LogP contribution in [0, 0.1) is 44.3 Å². The summed E-state index contributed by atoms with van der Waals surface area (Å²) in [5, 5.41) is 31.8. The zero-order valence-corrected chi connectivity index (χ0v) is 21.6. The molecule has 4 aliphatic carbocycles. The molecule has 0 aromatic heterocycles. The van der Waals surface area contributed by atoms with Gasteiger partial charge in [-0.05, 0) is 96.7 Å². The molecule has 32 heavy (non-hydrogen) atoms. The maximum atomic E-state index is 12.0. The first kappa shape index (κ1) is 24.5. The van der Waals surface area contributed by atoms with Crippen LogP contribution < -0.4 is 0 Å². The number of carboxylic acid groups (broad SMARTS) is 1. The second-order valence-electron chi connectivity index (χ2n) is 13.8. The van der Waals surface area contributed by atoms with Crippen LogP contribution in [0.25, 0.3) is 0 Å². The fraction of sp³-hybridized carbons (Fsp3) is 0.964. The highest BCUT2D eigenvalue weighted by atomic mass is 16.4. The number of carbonyl (C=O) groups is 1. The lowest BCUT2D eigenvalue weighted by Gasteiger charge is -2.78. The summed E-state index contributed by atoms with van der Waals surface area (Å²) < 4.78 is 0. The van der Waals surface area contributed by atoms with Crippen molar-refractivity contribution in [3.63, 3.8) is 0 Å². The van der Waals surface area contributed by atoms with E-state index in [2.05, 4.69) is 48.5 Å². The Morgan fingerprint density at radius 1 is 0.844 bits per heavy atom. The van der Waals surface area contributed by atoms with E-state index in [9.17, 15) is 20.1 Å². The standard InChI is InChI=1S/C28H48O4/c1-18(8-9-22(31)32)20-11-13-26(5)25(4)15-14-23(2)16-19(29)10-12-24(23,3)27(25,6)17-21(30)28(20,26)7/h18-21,29-30H,8-17H2,1-7H3,(H,31,32)/t18-,19-,20-,21+,23-,24+,25+,26+,27-,28+/m1/s1. The second kappa shape index (κ2) is 7.20. The van der Waals surface area contributed by atoms with Crippen LogP contribution >= 0.6 is 0 Å². The van der Waals surface area contributed by atoms with Gasteiger partial charge in [-0.1, -0.05) is 48.5 Å². The normalized spacial score (nSPS) is 56.1. The van der Waals surface area contributed by atoms with Crippen LogP contribution in [0.5, 0.6) is 0 Å². The van der Waals surface area contributed by atoms with Gasteiger partial charge in [0, 0.05) is 11.8 Å². The molecule has 0 radical (unpaired) electrons. The smallest absolute Gasteiger partial charge is 0.303 e. The highest BCUT2D eigenvalue weighted by molar-refractivity contribution is 5.66. The largest absolute Gasteiger partial charge is 0.481 e. The van der Waals surface area contributed by atoms with Gasteiger partial charge in [0.2, 0.25) is 0 Å². The number of hydrogen-bond donors (Lipinski definition) is 3. The Morgan fingerprint density at radius 2 is 1.47 bits per heavy atom. The summed E-state index contributed by atoms with van der Waals surface area (Å²) in [5.74, 6) is -0.0576. The summed E-state index contributed by atoms with van der Waals surface area (Å²) in [6, 6.07) is 0. The Labute approximate surface area is 195 Å². The molecule has 4 rings (SSSR count). The van der Waals surface area contributed by atoms with Crippen molar-refractivity contribution >= 4 is 5.97 Å². The van der Waals surface area contributed by atoms with E-state index in [1.165, 1.54) is 0 Å². The summed E-state index contributed by atoms with van der Waals surface area (Å²) in [5.41, 5.74) is 0.109. The van der Waals surface area contributed by atoms with Crippen LogP contribution in [0.15, 0.2) is 0 Å². The number of fused-ring (bicyclic) bond motifs is 5. The van der Waals surface area contributed by atoms with Crippen LogP contribution in [0.1, 0.15) is 113 Å². The number of carboxylic acids is 1. The molecule has 4 aliphatic rings. The molecule has 0 amide bonds. The van der Waals surface area contributed by atoms with Crippen molar-refractivity contribution in [2.24, 2.45) is 44.3 Å². The molecule has 0 bridgehead atoms. The molecule has 0 spiro atoms. The zero-order valence-electron chi connectivity index (χ0n) is 21.6. The first-order valence-corrected chi connectivity index (χ1v) is 13.2. The number of hydrogen-bond acceptors (Lipinski definition) is 3. The highest BCUT2D eigenvalue weighted by Crippen LogP contribution is 2.83. The third-order valence-electron chi connectivity index (χ3n) is 13.5. The molecule has 4 heteroatoms. The quantitative estimate of drug-likeness (QED) is 0.490. The summed E-state index contributed by atoms with van der Waals surface area (Å²) in [6.45, 7) is 17.0. The van der Waals surface area contributed by atoms with Crippen molar-refractivity contribution in [3.8, 4) is 0 Å². The minimum atomic E-state index is -0.717. The topological polar surface area (TPSA) is 77.8 Å². The summed E-state index contributed by atoms with van der Waals surface area (Å²) >= 11 is 0. The van der Waals surface area contributed by atoms with Crippen LogP contribution in [-0.4, -0.2) is 33.5 Å². The predicted molar refractivity (Wildman–Crippen MR) is 127 cm³/mol. The number of aliphatic carboxylic acids is 1. The van der Waals surface area contributed by atoms with E-state index in [4.69, 9.17) is 0 Å². The predicted octanol–water partition coefficient (Wildman–Crippen LogP) is 6.04. The van der Waals surface area contributed by atoms with Crippen molar-refractivity contribution < 1.29 is 20.1 Å². The molecular formula is C28H48O4. The Hall–Kier alpha value is -0.610. The van der Waals surface area contributed by atoms with Gasteiger partial charge in [0.15, 0.2) is 0 Å². The Kier molecular flexibility index (Phi) is 5.51. The molecule has 184 valence electrons. The Bertz CT molecular complexity index is 781. The third kappa shape index (κ3) is 2.66. The summed E-state index contributed by atoms with van der Waals surface area (Å²) in [6.07, 6.45) is 8.45. The molecule has 4 nitrogen and oxygen atoms in total. The maximum absolute atomic E-state index is 12.0. The van der Waals surface area contributed by atoms with E-state index in [-0.39, 0.29) is 51.1 Å². The van der Waals surface area contributed by atoms with Crippen molar-refractivity contribution in [1.82, 2.24) is 0 Å². The lowest BCUT2D eigenvalue weighted by molar-refractivity contribution is -0.315. The van der Waals surface area contributed by atoms with Crippen LogP contribution in [0.4, 0.5) is 0 Å². The lowest BCUT2D eigenvalue weighted by atomic mass is 9.27. The fourth-order valence-electron chi connectivity index (χ4n) is 10.6. The lowest BCUT2D eigenvalue weighted by Crippen LogP contribution is -2.73. The monoisotopic (exact) mass is 448 g/mol. The van der Waals surface area contributed by atoms with Gasteiger partial charge in [-0.3, -0.25) is 4.79 Å². The highest BCUT2D eigenvalue weighted by Gasteiger charge is 2.78. The van der Waals surface area contributed by atoms with E-state index in [0.717, 1.165) is 51.4 Å². The van der Waals surface area contributed by atoms with E-state index < -0.39 is 5.97 Å². The van der Waals surface area contributed by atoms with Gasteiger partial charge >= 0.3 is 5.97 Å². The van der Waals surface area contributed by atoms with Gasteiger partial charge in [-0.15, -0.1) is 0 Å². The van der Waals surface area contributed by atoms with Crippen molar-refractivity contribution in [3.05, 3.63) is 0 Å². The van der Waals surface area contributed by atoms with Crippen LogP contribution in [0.2, 0.25) is 0 Å². The molecule has 10 atom stereocenters. The van der Waals surface area contributed by atoms with Gasteiger partial charge in [0.25, 0.3) is 0 Å². The van der Waals surface area contributed by atoms with Gasteiger partial charge in [-0.25, -0.2) is 0 Å². The molecule has 0 heterocycles. The van der Waals surface area contributed by atoms with Crippen molar-refractivity contribution in [2.75, 3.05) is 0 Å². The molecule has 4 fully saturated rings. The van der Waals surface area contributed by atoms with E-state index in [1.54, 1.807) is 0 Å². The Morgan fingerprint density at radius 3 is 2.09 bits per heavy atom. The van der Waals surface area contributed by atoms with Gasteiger partial charge in [-0.2, -0.15) is 0 Å². The average Bonchev–Trinajstić information content (AvgIpc) is 2.99. The maximum Gasteiger partial charge on any atom is 0.303 e. The molecule has 0 aliphatic heterocycles. The van der Waals surface area contributed by atoms with Crippen molar-refractivity contribution in [1.29, 1.82) is 0 Å². The molecule has 0 aromatic carbocycles. The molecule has 0 saturated heterocycles. The molecule has 0 unspecified atom stereocenters. The van der Waals surface area contributed by atoms with E-state index in [1.807, 2.05) is 0 Å². The minimum Gasteiger partial charge on any atom is -0.481 e. The first-order valence-electron chi connectivity index (χ1n) is 13.2. The first-order chi connectivity index (χ1) is 14.6. The molecular weight excluding hydrogens is 400 g/mol. The molecule has 3 N–H and O–H groups in total. The van der Waals surface area contributed by atoms with Gasteiger partial charge in [0.05, 0.1) is 12.2 Å². The molecule has 4 saturated carbocycles.